The number of hydrogen-bond acceptors (Lipinski definition) is 5. The number of aryl methyl sites for hydroxylation is 1. The average molecular weight is 481 g/mol. The topological polar surface area (TPSA) is 79.7 Å². The van der Waals surface area contributed by atoms with Crippen LogP contribution in [-0.2, 0) is 6.54 Å². The van der Waals surface area contributed by atoms with Crippen molar-refractivity contribution in [3.05, 3.63) is 106 Å². The normalized spacial score (nSPS) is 15.6. The zero-order valence-electron chi connectivity index (χ0n) is 19.9. The number of nitrogens with zero attached hydrogens (tertiary/aromatic N) is 5. The fourth-order valence-electron chi connectivity index (χ4n) is 4.96. The SMILES string of the molecule is Cc1ccc(Cn2c(-c3n[nH]c(=O)c4ccccc34)nnc2N2CCC(c3ccc(F)cc3)C2)cc1. The van der Waals surface area contributed by atoms with Crippen LogP contribution in [0.15, 0.2) is 77.6 Å². The molecule has 1 aliphatic rings. The predicted molar refractivity (Wildman–Crippen MR) is 138 cm³/mol. The minimum absolute atomic E-state index is 0.225. The lowest BCUT2D eigenvalue weighted by Gasteiger charge is -2.20. The fraction of sp³-hybridized carbons (Fsp3) is 0.214. The first-order valence-electron chi connectivity index (χ1n) is 12.0. The molecule has 1 N–H and O–H groups in total. The molecule has 0 bridgehead atoms. The summed E-state index contributed by atoms with van der Waals surface area (Å²) in [6.07, 6.45) is 0.943. The van der Waals surface area contributed by atoms with Gasteiger partial charge < -0.3 is 4.90 Å². The Morgan fingerprint density at radius 1 is 0.972 bits per heavy atom. The van der Waals surface area contributed by atoms with E-state index < -0.39 is 0 Å². The Kier molecular flexibility index (Phi) is 5.56. The molecule has 3 heterocycles. The first-order chi connectivity index (χ1) is 17.6. The van der Waals surface area contributed by atoms with Crippen molar-refractivity contribution in [2.24, 2.45) is 0 Å². The fourth-order valence-corrected chi connectivity index (χ4v) is 4.96. The smallest absolute Gasteiger partial charge is 0.272 e. The molecule has 0 amide bonds. The van der Waals surface area contributed by atoms with E-state index in [0.29, 0.717) is 23.4 Å². The highest BCUT2D eigenvalue weighted by molar-refractivity contribution is 5.92. The molecule has 2 aromatic heterocycles. The molecule has 1 aliphatic heterocycles. The van der Waals surface area contributed by atoms with E-state index >= 15 is 0 Å². The molecule has 6 rings (SSSR count). The van der Waals surface area contributed by atoms with E-state index in [1.165, 1.54) is 17.7 Å². The molecule has 0 radical (unpaired) electrons. The van der Waals surface area contributed by atoms with Crippen LogP contribution in [0.3, 0.4) is 0 Å². The second kappa shape index (κ2) is 9.03. The van der Waals surface area contributed by atoms with E-state index in [0.717, 1.165) is 42.0 Å². The van der Waals surface area contributed by atoms with Crippen molar-refractivity contribution in [1.29, 1.82) is 0 Å². The molecule has 5 aromatic rings. The van der Waals surface area contributed by atoms with Gasteiger partial charge in [0.15, 0.2) is 5.82 Å². The highest BCUT2D eigenvalue weighted by Gasteiger charge is 2.29. The van der Waals surface area contributed by atoms with Gasteiger partial charge in [-0.3, -0.25) is 9.36 Å². The molecule has 180 valence electrons. The molecule has 0 aliphatic carbocycles. The molecule has 7 nitrogen and oxygen atoms in total. The quantitative estimate of drug-likeness (QED) is 0.395. The van der Waals surface area contributed by atoms with Crippen LogP contribution in [0.5, 0.6) is 0 Å². The molecule has 1 unspecified atom stereocenters. The maximum absolute atomic E-state index is 13.4. The standard InChI is InChI=1S/C28H25FN6O/c1-18-6-8-19(9-7-18)16-35-26(25-23-4-2-3-5-24(23)27(36)32-30-25)31-33-28(35)34-15-14-21(17-34)20-10-12-22(29)13-11-20/h2-13,21H,14-17H2,1H3,(H,32,36). The Morgan fingerprint density at radius 3 is 2.50 bits per heavy atom. The minimum atomic E-state index is -0.235. The molecule has 1 saturated heterocycles. The maximum atomic E-state index is 13.4. The van der Waals surface area contributed by atoms with E-state index in [1.54, 1.807) is 6.07 Å². The average Bonchev–Trinajstić information content (AvgIpc) is 3.54. The van der Waals surface area contributed by atoms with Crippen LogP contribution in [0.4, 0.5) is 10.3 Å². The third kappa shape index (κ3) is 4.04. The molecule has 0 spiro atoms. The molecule has 8 heteroatoms. The largest absolute Gasteiger partial charge is 0.340 e. The third-order valence-electron chi connectivity index (χ3n) is 6.91. The number of nitrogens with one attached hydrogen (secondary N) is 1. The number of hydrogen-bond donors (Lipinski definition) is 1. The first-order valence-corrected chi connectivity index (χ1v) is 12.0. The number of aromatic amines is 1. The summed E-state index contributed by atoms with van der Waals surface area (Å²) in [4.78, 5) is 14.6. The van der Waals surface area contributed by atoms with Gasteiger partial charge in [-0.05, 0) is 42.7 Å². The second-order valence-electron chi connectivity index (χ2n) is 9.33. The molecule has 36 heavy (non-hydrogen) atoms. The van der Waals surface area contributed by atoms with Crippen LogP contribution in [0, 0.1) is 12.7 Å². The Morgan fingerprint density at radius 2 is 1.72 bits per heavy atom. The summed E-state index contributed by atoms with van der Waals surface area (Å²) in [5.41, 5.74) is 3.78. The third-order valence-corrected chi connectivity index (χ3v) is 6.91. The van der Waals surface area contributed by atoms with Gasteiger partial charge in [0.05, 0.1) is 11.9 Å². The Hall–Kier alpha value is -4.33. The summed E-state index contributed by atoms with van der Waals surface area (Å²) < 4.78 is 15.5. The van der Waals surface area contributed by atoms with Gasteiger partial charge in [0.25, 0.3) is 5.56 Å². The van der Waals surface area contributed by atoms with E-state index in [2.05, 4.69) is 61.1 Å². The minimum Gasteiger partial charge on any atom is -0.340 e. The highest BCUT2D eigenvalue weighted by Crippen LogP contribution is 2.33. The maximum Gasteiger partial charge on any atom is 0.272 e. The van der Waals surface area contributed by atoms with Gasteiger partial charge in [0, 0.05) is 24.4 Å². The van der Waals surface area contributed by atoms with Crippen LogP contribution in [-0.4, -0.2) is 38.1 Å². The number of benzene rings is 3. The zero-order valence-corrected chi connectivity index (χ0v) is 19.9. The summed E-state index contributed by atoms with van der Waals surface area (Å²) in [5, 5.41) is 17.5. The monoisotopic (exact) mass is 480 g/mol. The lowest BCUT2D eigenvalue weighted by Crippen LogP contribution is -2.24. The van der Waals surface area contributed by atoms with Gasteiger partial charge in [0.1, 0.15) is 11.5 Å². The molecular formula is C28H25FN6O. The van der Waals surface area contributed by atoms with Gasteiger partial charge in [-0.2, -0.15) is 5.10 Å². The van der Waals surface area contributed by atoms with Gasteiger partial charge in [-0.25, -0.2) is 9.49 Å². The van der Waals surface area contributed by atoms with Crippen LogP contribution in [0.2, 0.25) is 0 Å². The Bertz CT molecular complexity index is 1590. The van der Waals surface area contributed by atoms with Gasteiger partial charge in [-0.15, -0.1) is 10.2 Å². The van der Waals surface area contributed by atoms with E-state index in [1.807, 2.05) is 30.3 Å². The van der Waals surface area contributed by atoms with Gasteiger partial charge in [0.2, 0.25) is 5.95 Å². The number of rotatable bonds is 5. The number of H-pyrrole nitrogens is 1. The summed E-state index contributed by atoms with van der Waals surface area (Å²) in [5.74, 6) is 1.41. The highest BCUT2D eigenvalue weighted by atomic mass is 19.1. The van der Waals surface area contributed by atoms with Crippen LogP contribution in [0.25, 0.3) is 22.3 Å². The van der Waals surface area contributed by atoms with Crippen LogP contribution in [0.1, 0.15) is 29.0 Å². The van der Waals surface area contributed by atoms with Crippen molar-refractivity contribution in [2.75, 3.05) is 18.0 Å². The first kappa shape index (κ1) is 22.2. The Labute approximate surface area is 207 Å². The van der Waals surface area contributed by atoms with E-state index in [4.69, 9.17) is 0 Å². The zero-order chi connectivity index (χ0) is 24.6. The van der Waals surface area contributed by atoms with Crippen molar-refractivity contribution in [2.45, 2.75) is 25.8 Å². The number of aromatic nitrogens is 5. The van der Waals surface area contributed by atoms with Crippen molar-refractivity contribution >= 4 is 16.7 Å². The van der Waals surface area contributed by atoms with E-state index in [9.17, 15) is 9.18 Å². The summed E-state index contributed by atoms with van der Waals surface area (Å²) >= 11 is 0. The molecule has 1 atom stereocenters. The predicted octanol–water partition coefficient (Wildman–Crippen LogP) is 4.67. The number of anilines is 1. The van der Waals surface area contributed by atoms with Crippen molar-refractivity contribution in [3.63, 3.8) is 0 Å². The Balaban J connectivity index is 1.43. The lowest BCUT2D eigenvalue weighted by molar-refractivity contribution is 0.625. The van der Waals surface area contributed by atoms with Crippen LogP contribution < -0.4 is 10.5 Å². The second-order valence-corrected chi connectivity index (χ2v) is 9.33. The van der Waals surface area contributed by atoms with Crippen molar-refractivity contribution in [3.8, 4) is 11.5 Å². The summed E-state index contributed by atoms with van der Waals surface area (Å²) in [6.45, 7) is 4.20. The molecule has 1 fully saturated rings. The number of halogens is 1. The lowest BCUT2D eigenvalue weighted by atomic mass is 9.99. The molecule has 0 saturated carbocycles. The summed E-state index contributed by atoms with van der Waals surface area (Å²) in [6, 6.07) is 22.6. The molecule has 3 aromatic carbocycles. The van der Waals surface area contributed by atoms with Crippen molar-refractivity contribution in [1.82, 2.24) is 25.0 Å². The summed E-state index contributed by atoms with van der Waals surface area (Å²) in [7, 11) is 0. The van der Waals surface area contributed by atoms with Gasteiger partial charge >= 0.3 is 0 Å². The molecular weight excluding hydrogens is 455 g/mol. The van der Waals surface area contributed by atoms with E-state index in [-0.39, 0.29) is 17.3 Å². The van der Waals surface area contributed by atoms with Gasteiger partial charge in [-0.1, -0.05) is 60.2 Å². The number of fused-ring (bicyclic) bond motifs is 1. The van der Waals surface area contributed by atoms with Crippen molar-refractivity contribution < 1.29 is 4.39 Å². The van der Waals surface area contributed by atoms with Crippen LogP contribution >= 0.6 is 0 Å².